The molecule has 1 heterocycles. The minimum absolute atomic E-state index is 0.384. The molecule has 1 aromatic heterocycles. The molecule has 0 bridgehead atoms. The Morgan fingerprint density at radius 1 is 1.04 bits per heavy atom. The number of nitrogens with one attached hydrogen (secondary N) is 2. The molecular weight excluding hydrogens is 342 g/mol. The van der Waals surface area contributed by atoms with E-state index in [0.29, 0.717) is 22.9 Å². The second-order valence-corrected chi connectivity index (χ2v) is 5.73. The lowest BCUT2D eigenvalue weighted by molar-refractivity contribution is 0.0601. The summed E-state index contributed by atoms with van der Waals surface area (Å²) in [6.45, 7) is 1.87. The zero-order valence-corrected chi connectivity index (χ0v) is 14.9. The maximum atomic E-state index is 11.5. The number of hydrogen-bond donors (Lipinski definition) is 2. The molecule has 134 valence electrons. The standard InChI is InChI=1S/C20H17N5O2/c1-13-10-18(23-16-8-6-15(7-9-16)19(26)27-2)25-20(22-13)24-17-5-3-4-14(11-17)12-21/h3-11H,1-2H3,(H2,22,23,24,25). The van der Waals surface area contributed by atoms with Crippen LogP contribution in [0.4, 0.5) is 23.1 Å². The maximum absolute atomic E-state index is 11.5. The predicted molar refractivity (Wildman–Crippen MR) is 102 cm³/mol. The predicted octanol–water partition coefficient (Wildman–Crippen LogP) is 3.93. The van der Waals surface area contributed by atoms with E-state index in [1.165, 1.54) is 7.11 Å². The highest BCUT2D eigenvalue weighted by Crippen LogP contribution is 2.20. The first-order valence-electron chi connectivity index (χ1n) is 8.15. The number of aromatic nitrogens is 2. The van der Waals surface area contributed by atoms with Gasteiger partial charge in [-0.1, -0.05) is 6.07 Å². The molecule has 0 spiro atoms. The molecule has 0 saturated heterocycles. The monoisotopic (exact) mass is 359 g/mol. The third kappa shape index (κ3) is 4.58. The van der Waals surface area contributed by atoms with Crippen LogP contribution in [0.5, 0.6) is 0 Å². The summed E-state index contributed by atoms with van der Waals surface area (Å²) in [5.41, 5.74) is 3.31. The van der Waals surface area contributed by atoms with Gasteiger partial charge in [-0.2, -0.15) is 10.2 Å². The van der Waals surface area contributed by atoms with Crippen LogP contribution in [-0.4, -0.2) is 23.0 Å². The van der Waals surface area contributed by atoms with Gasteiger partial charge in [0, 0.05) is 23.1 Å². The molecule has 0 amide bonds. The van der Waals surface area contributed by atoms with Crippen LogP contribution in [-0.2, 0) is 4.74 Å². The van der Waals surface area contributed by atoms with Gasteiger partial charge in [0.15, 0.2) is 0 Å². The Hall–Kier alpha value is -3.92. The van der Waals surface area contributed by atoms with Crippen molar-refractivity contribution < 1.29 is 9.53 Å². The molecule has 0 unspecified atom stereocenters. The number of carbonyl (C=O) groups is 1. The second kappa shape index (κ2) is 7.97. The fourth-order valence-corrected chi connectivity index (χ4v) is 2.44. The Balaban J connectivity index is 1.79. The molecule has 7 heteroatoms. The van der Waals surface area contributed by atoms with Crippen LogP contribution >= 0.6 is 0 Å². The number of carbonyl (C=O) groups excluding carboxylic acids is 1. The number of aryl methyl sites for hydroxylation is 1. The van der Waals surface area contributed by atoms with Gasteiger partial charge in [0.1, 0.15) is 5.82 Å². The molecule has 0 fully saturated rings. The van der Waals surface area contributed by atoms with Gasteiger partial charge in [-0.3, -0.25) is 0 Å². The van der Waals surface area contributed by atoms with Crippen LogP contribution in [0.1, 0.15) is 21.6 Å². The molecule has 3 rings (SSSR count). The quantitative estimate of drug-likeness (QED) is 0.666. The van der Waals surface area contributed by atoms with Crippen LogP contribution in [0.25, 0.3) is 0 Å². The van der Waals surface area contributed by atoms with Gasteiger partial charge >= 0.3 is 5.97 Å². The molecule has 0 aliphatic carbocycles. The molecule has 0 radical (unpaired) electrons. The highest BCUT2D eigenvalue weighted by atomic mass is 16.5. The van der Waals surface area contributed by atoms with Crippen molar-refractivity contribution in [2.24, 2.45) is 0 Å². The van der Waals surface area contributed by atoms with Gasteiger partial charge in [0.25, 0.3) is 0 Å². The average Bonchev–Trinajstić information content (AvgIpc) is 2.67. The molecule has 0 saturated carbocycles. The first-order chi connectivity index (χ1) is 13.1. The molecule has 0 aliphatic heterocycles. The van der Waals surface area contributed by atoms with E-state index in [0.717, 1.165) is 17.1 Å². The average molecular weight is 359 g/mol. The molecule has 7 nitrogen and oxygen atoms in total. The molecule has 2 N–H and O–H groups in total. The topological polar surface area (TPSA) is 99.9 Å². The van der Waals surface area contributed by atoms with Crippen LogP contribution in [0.2, 0.25) is 0 Å². The SMILES string of the molecule is COC(=O)c1ccc(Nc2cc(C)nc(Nc3cccc(C#N)c3)n2)cc1. The molecule has 0 aliphatic rings. The first-order valence-corrected chi connectivity index (χ1v) is 8.15. The third-order valence-electron chi connectivity index (χ3n) is 3.68. The number of ether oxygens (including phenoxy) is 1. The van der Waals surface area contributed by atoms with Crippen LogP contribution in [0.15, 0.2) is 54.6 Å². The highest BCUT2D eigenvalue weighted by Gasteiger charge is 2.07. The van der Waals surface area contributed by atoms with Crippen LogP contribution in [0, 0.1) is 18.3 Å². The summed E-state index contributed by atoms with van der Waals surface area (Å²) in [6.07, 6.45) is 0. The molecule has 27 heavy (non-hydrogen) atoms. The summed E-state index contributed by atoms with van der Waals surface area (Å²) in [4.78, 5) is 20.3. The Morgan fingerprint density at radius 2 is 1.81 bits per heavy atom. The van der Waals surface area contributed by atoms with Crippen LogP contribution in [0.3, 0.4) is 0 Å². The number of nitrogens with zero attached hydrogens (tertiary/aromatic N) is 3. The van der Waals surface area contributed by atoms with Crippen molar-refractivity contribution in [3.8, 4) is 6.07 Å². The van der Waals surface area contributed by atoms with Gasteiger partial charge in [-0.25, -0.2) is 9.78 Å². The van der Waals surface area contributed by atoms with Gasteiger partial charge in [-0.05, 0) is 49.4 Å². The second-order valence-electron chi connectivity index (χ2n) is 5.73. The number of hydrogen-bond acceptors (Lipinski definition) is 7. The summed E-state index contributed by atoms with van der Waals surface area (Å²) < 4.78 is 4.69. The third-order valence-corrected chi connectivity index (χ3v) is 3.68. The smallest absolute Gasteiger partial charge is 0.337 e. The minimum atomic E-state index is -0.384. The Labute approximate surface area is 156 Å². The van der Waals surface area contributed by atoms with Crippen LogP contribution < -0.4 is 10.6 Å². The van der Waals surface area contributed by atoms with Crippen molar-refractivity contribution in [3.63, 3.8) is 0 Å². The van der Waals surface area contributed by atoms with Crippen molar-refractivity contribution in [2.45, 2.75) is 6.92 Å². The minimum Gasteiger partial charge on any atom is -0.465 e. The van der Waals surface area contributed by atoms with E-state index in [4.69, 9.17) is 10.00 Å². The van der Waals surface area contributed by atoms with Crippen molar-refractivity contribution in [1.82, 2.24) is 9.97 Å². The largest absolute Gasteiger partial charge is 0.465 e. The van der Waals surface area contributed by atoms with Crippen molar-refractivity contribution in [3.05, 3.63) is 71.4 Å². The molecular formula is C20H17N5O2. The summed E-state index contributed by atoms with van der Waals surface area (Å²) in [7, 11) is 1.35. The van der Waals surface area contributed by atoms with E-state index in [2.05, 4.69) is 26.7 Å². The van der Waals surface area contributed by atoms with E-state index in [9.17, 15) is 4.79 Å². The lowest BCUT2D eigenvalue weighted by atomic mass is 10.2. The zero-order chi connectivity index (χ0) is 19.2. The number of esters is 1. The summed E-state index contributed by atoms with van der Waals surface area (Å²) in [5, 5.41) is 15.3. The number of anilines is 4. The Bertz CT molecular complexity index is 1010. The Kier molecular flexibility index (Phi) is 5.28. The molecule has 3 aromatic rings. The fourth-order valence-electron chi connectivity index (χ4n) is 2.44. The van der Waals surface area contributed by atoms with Gasteiger partial charge < -0.3 is 15.4 Å². The summed E-state index contributed by atoms with van der Waals surface area (Å²) in [5.74, 6) is 0.636. The molecule has 2 aromatic carbocycles. The van der Waals surface area contributed by atoms with Crippen molar-refractivity contribution >= 4 is 29.1 Å². The number of rotatable bonds is 5. The maximum Gasteiger partial charge on any atom is 0.337 e. The number of nitriles is 1. The first kappa shape index (κ1) is 17.9. The fraction of sp³-hybridized carbons (Fsp3) is 0.100. The van der Waals surface area contributed by atoms with E-state index in [-0.39, 0.29) is 5.97 Å². The number of methoxy groups -OCH3 is 1. The van der Waals surface area contributed by atoms with Crippen molar-refractivity contribution in [2.75, 3.05) is 17.7 Å². The lowest BCUT2D eigenvalue weighted by Crippen LogP contribution is -2.03. The van der Waals surface area contributed by atoms with E-state index >= 15 is 0 Å². The van der Waals surface area contributed by atoms with Crippen molar-refractivity contribution in [1.29, 1.82) is 5.26 Å². The van der Waals surface area contributed by atoms with E-state index in [1.807, 2.05) is 19.1 Å². The van der Waals surface area contributed by atoms with E-state index in [1.54, 1.807) is 42.5 Å². The summed E-state index contributed by atoms with van der Waals surface area (Å²) >= 11 is 0. The van der Waals surface area contributed by atoms with Gasteiger partial charge in [0.05, 0.1) is 24.3 Å². The lowest BCUT2D eigenvalue weighted by Gasteiger charge is -2.10. The molecule has 0 atom stereocenters. The zero-order valence-electron chi connectivity index (χ0n) is 14.9. The Morgan fingerprint density at radius 3 is 2.52 bits per heavy atom. The van der Waals surface area contributed by atoms with E-state index < -0.39 is 0 Å². The highest BCUT2D eigenvalue weighted by molar-refractivity contribution is 5.89. The summed E-state index contributed by atoms with van der Waals surface area (Å²) in [6, 6.07) is 17.9. The normalized spacial score (nSPS) is 9.96. The number of benzene rings is 2. The van der Waals surface area contributed by atoms with Gasteiger partial charge in [0.2, 0.25) is 5.95 Å². The van der Waals surface area contributed by atoms with Gasteiger partial charge in [-0.15, -0.1) is 0 Å².